The Kier molecular flexibility index (Phi) is 5.13. The Morgan fingerprint density at radius 2 is 2.12 bits per heavy atom. The van der Waals surface area contributed by atoms with Crippen LogP contribution in [0.4, 0.5) is 15.0 Å². The Balaban J connectivity index is 1.78. The molecule has 0 bridgehead atoms. The smallest absolute Gasteiger partial charge is 0.410 e. The van der Waals surface area contributed by atoms with Gasteiger partial charge in [0.15, 0.2) is 11.0 Å². The van der Waals surface area contributed by atoms with Gasteiger partial charge in [-0.1, -0.05) is 11.6 Å². The van der Waals surface area contributed by atoms with Crippen LogP contribution >= 0.6 is 11.6 Å². The largest absolute Gasteiger partial charge is 0.444 e. The van der Waals surface area contributed by atoms with Crippen molar-refractivity contribution in [3.05, 3.63) is 23.6 Å². The van der Waals surface area contributed by atoms with Crippen LogP contribution in [0.1, 0.15) is 27.2 Å². The van der Waals surface area contributed by atoms with Crippen LogP contribution in [0.3, 0.4) is 0 Å². The van der Waals surface area contributed by atoms with Gasteiger partial charge in [-0.25, -0.2) is 9.18 Å². The highest BCUT2D eigenvalue weighted by Gasteiger charge is 2.33. The molecule has 1 fully saturated rings. The monoisotopic (exact) mass is 381 g/mol. The lowest BCUT2D eigenvalue weighted by atomic mass is 10.0. The number of carbonyl (C=O) groups is 1. The van der Waals surface area contributed by atoms with E-state index in [1.807, 2.05) is 0 Å². The molecule has 3 heterocycles. The summed E-state index contributed by atoms with van der Waals surface area (Å²) in [6.45, 7) is 5.67. The van der Waals surface area contributed by atoms with Gasteiger partial charge in [-0.05, 0) is 26.8 Å². The number of halogens is 2. The van der Waals surface area contributed by atoms with E-state index in [9.17, 15) is 9.18 Å². The normalized spacial score (nSPS) is 20.9. The number of rotatable bonds is 2. The second-order valence-electron chi connectivity index (χ2n) is 7.32. The second kappa shape index (κ2) is 7.19. The van der Waals surface area contributed by atoms with Crippen molar-refractivity contribution in [3.8, 4) is 0 Å². The van der Waals surface area contributed by atoms with Gasteiger partial charge in [0.1, 0.15) is 11.8 Å². The fraction of sp³-hybridized carbons (Fsp3) is 0.529. The number of piperidine rings is 1. The van der Waals surface area contributed by atoms with Crippen molar-refractivity contribution >= 4 is 34.3 Å². The molecule has 26 heavy (non-hydrogen) atoms. The molecule has 2 aromatic heterocycles. The Hall–Kier alpha value is -2.22. The average molecular weight is 382 g/mol. The van der Waals surface area contributed by atoms with Crippen LogP contribution in [0.15, 0.2) is 18.5 Å². The second-order valence-corrected chi connectivity index (χ2v) is 7.68. The summed E-state index contributed by atoms with van der Waals surface area (Å²) in [5.74, 6) is 0.482. The summed E-state index contributed by atoms with van der Waals surface area (Å²) in [4.78, 5) is 17.7. The van der Waals surface area contributed by atoms with Crippen molar-refractivity contribution in [1.29, 1.82) is 0 Å². The lowest BCUT2D eigenvalue weighted by Gasteiger charge is -2.36. The predicted molar refractivity (Wildman–Crippen MR) is 97.1 cm³/mol. The highest BCUT2D eigenvalue weighted by molar-refractivity contribution is 6.34. The molecule has 1 aliphatic heterocycles. The van der Waals surface area contributed by atoms with Crippen LogP contribution in [0.2, 0.25) is 5.15 Å². The molecule has 140 valence electrons. The zero-order valence-electron chi connectivity index (χ0n) is 14.9. The van der Waals surface area contributed by atoms with E-state index >= 15 is 0 Å². The SMILES string of the molecule is CC(C)(C)OC(=O)N1C[C@H](F)C[C@@H](Nc2nnc(Cl)c3cnccc23)C1. The molecule has 2 atom stereocenters. The molecule has 0 aromatic carbocycles. The molecule has 0 unspecified atom stereocenters. The Labute approximate surface area is 155 Å². The first-order chi connectivity index (χ1) is 12.2. The van der Waals surface area contributed by atoms with Crippen LogP contribution < -0.4 is 5.32 Å². The zero-order chi connectivity index (χ0) is 18.9. The first kappa shape index (κ1) is 18.6. The minimum Gasteiger partial charge on any atom is -0.444 e. The lowest BCUT2D eigenvalue weighted by molar-refractivity contribution is 0.0124. The summed E-state index contributed by atoms with van der Waals surface area (Å²) >= 11 is 6.05. The number of amides is 1. The first-order valence-electron chi connectivity index (χ1n) is 8.37. The molecule has 0 spiro atoms. The van der Waals surface area contributed by atoms with Crippen LogP contribution in [-0.2, 0) is 4.74 Å². The number of nitrogens with one attached hydrogen (secondary N) is 1. The van der Waals surface area contributed by atoms with Gasteiger partial charge in [0.25, 0.3) is 0 Å². The van der Waals surface area contributed by atoms with E-state index in [1.54, 1.807) is 39.2 Å². The summed E-state index contributed by atoms with van der Waals surface area (Å²) in [5, 5.41) is 12.8. The van der Waals surface area contributed by atoms with Crippen LogP contribution in [-0.4, -0.2) is 57.1 Å². The number of aromatic nitrogens is 3. The Morgan fingerprint density at radius 1 is 1.35 bits per heavy atom. The number of fused-ring (bicyclic) bond motifs is 1. The Morgan fingerprint density at radius 3 is 2.85 bits per heavy atom. The minimum absolute atomic E-state index is 0.0179. The van der Waals surface area contributed by atoms with Gasteiger partial charge in [-0.2, -0.15) is 0 Å². The number of carbonyl (C=O) groups excluding carboxylic acids is 1. The summed E-state index contributed by atoms with van der Waals surface area (Å²) in [5.41, 5.74) is -0.631. The van der Waals surface area contributed by atoms with Gasteiger partial charge in [0.2, 0.25) is 0 Å². The van der Waals surface area contributed by atoms with E-state index in [0.717, 1.165) is 5.39 Å². The molecule has 9 heteroatoms. The number of alkyl halides is 1. The average Bonchev–Trinajstić information content (AvgIpc) is 2.56. The number of nitrogens with zero attached hydrogens (tertiary/aromatic N) is 4. The molecule has 1 saturated heterocycles. The molecule has 1 amide bonds. The van der Waals surface area contributed by atoms with E-state index in [0.29, 0.717) is 17.7 Å². The van der Waals surface area contributed by atoms with E-state index < -0.39 is 17.9 Å². The van der Waals surface area contributed by atoms with Crippen molar-refractivity contribution in [3.63, 3.8) is 0 Å². The van der Waals surface area contributed by atoms with Gasteiger partial charge in [-0.3, -0.25) is 4.98 Å². The molecule has 0 radical (unpaired) electrons. The molecule has 0 aliphatic carbocycles. The molecular weight excluding hydrogens is 361 g/mol. The fourth-order valence-corrected chi connectivity index (χ4v) is 3.07. The number of ether oxygens (including phenoxy) is 1. The molecule has 0 saturated carbocycles. The predicted octanol–water partition coefficient (Wildman–Crippen LogP) is 3.44. The maximum absolute atomic E-state index is 14.2. The van der Waals surface area contributed by atoms with Crippen molar-refractivity contribution in [1.82, 2.24) is 20.1 Å². The van der Waals surface area contributed by atoms with E-state index in [2.05, 4.69) is 20.5 Å². The van der Waals surface area contributed by atoms with E-state index in [-0.39, 0.29) is 24.2 Å². The van der Waals surface area contributed by atoms with Crippen LogP contribution in [0, 0.1) is 0 Å². The molecule has 7 nitrogen and oxygen atoms in total. The summed E-state index contributed by atoms with van der Waals surface area (Å²) in [6.07, 6.45) is 1.81. The highest BCUT2D eigenvalue weighted by Crippen LogP contribution is 2.27. The summed E-state index contributed by atoms with van der Waals surface area (Å²) in [7, 11) is 0. The van der Waals surface area contributed by atoms with Crippen molar-refractivity contribution in [2.75, 3.05) is 18.4 Å². The standard InChI is InChI=1S/C17H21ClFN5O2/c1-17(2,3)26-16(25)24-8-10(19)6-11(9-24)21-15-12-4-5-20-7-13(12)14(18)22-23-15/h4-5,7,10-11H,6,8-9H2,1-3H3,(H,21,23)/t10-,11-/m1/s1. The third-order valence-corrected chi connectivity index (χ3v) is 4.21. The van der Waals surface area contributed by atoms with Crippen LogP contribution in [0.25, 0.3) is 10.8 Å². The summed E-state index contributed by atoms with van der Waals surface area (Å²) in [6, 6.07) is 1.44. The molecule has 2 aromatic rings. The van der Waals surface area contributed by atoms with E-state index in [1.165, 1.54) is 4.90 Å². The zero-order valence-corrected chi connectivity index (χ0v) is 15.6. The van der Waals surface area contributed by atoms with E-state index in [4.69, 9.17) is 16.3 Å². The van der Waals surface area contributed by atoms with Gasteiger partial charge >= 0.3 is 6.09 Å². The third kappa shape index (κ3) is 4.30. The first-order valence-corrected chi connectivity index (χ1v) is 8.75. The van der Waals surface area contributed by atoms with Gasteiger partial charge in [-0.15, -0.1) is 10.2 Å². The topological polar surface area (TPSA) is 80.2 Å². The van der Waals surface area contributed by atoms with Crippen molar-refractivity contribution in [2.45, 2.75) is 45.0 Å². The number of anilines is 1. The van der Waals surface area contributed by atoms with Crippen molar-refractivity contribution < 1.29 is 13.9 Å². The number of likely N-dealkylation sites (tertiary alicyclic amines) is 1. The van der Waals surface area contributed by atoms with Crippen LogP contribution in [0.5, 0.6) is 0 Å². The van der Waals surface area contributed by atoms with Gasteiger partial charge in [0, 0.05) is 42.2 Å². The molecule has 1 aliphatic rings. The molecule has 1 N–H and O–H groups in total. The maximum Gasteiger partial charge on any atom is 0.410 e. The highest BCUT2D eigenvalue weighted by atomic mass is 35.5. The third-order valence-electron chi connectivity index (χ3n) is 3.93. The van der Waals surface area contributed by atoms with Crippen molar-refractivity contribution in [2.24, 2.45) is 0 Å². The number of pyridine rings is 1. The molecular formula is C17H21ClFN5O2. The number of hydrogen-bond donors (Lipinski definition) is 1. The van der Waals surface area contributed by atoms with Gasteiger partial charge in [0.05, 0.1) is 6.54 Å². The minimum atomic E-state index is -1.15. The fourth-order valence-electron chi connectivity index (χ4n) is 2.88. The lowest BCUT2D eigenvalue weighted by Crippen LogP contribution is -2.51. The number of hydrogen-bond acceptors (Lipinski definition) is 6. The quantitative estimate of drug-likeness (QED) is 0.858. The van der Waals surface area contributed by atoms with Gasteiger partial charge < -0.3 is 15.0 Å². The Bertz CT molecular complexity index is 813. The maximum atomic E-state index is 14.2. The molecule has 3 rings (SSSR count). The summed E-state index contributed by atoms with van der Waals surface area (Å²) < 4.78 is 19.6.